The lowest BCUT2D eigenvalue weighted by Gasteiger charge is -2.25. The molecule has 0 saturated carbocycles. The Kier molecular flexibility index (Phi) is 4.29. The first-order chi connectivity index (χ1) is 9.00. The molecule has 106 valence electrons. The van der Waals surface area contributed by atoms with Crippen molar-refractivity contribution < 1.29 is 13.2 Å². The quantitative estimate of drug-likeness (QED) is 0.898. The molecule has 1 aliphatic rings. The molecule has 1 aromatic rings. The van der Waals surface area contributed by atoms with Crippen LogP contribution in [0, 0.1) is 0 Å². The van der Waals surface area contributed by atoms with Gasteiger partial charge in [0.15, 0.2) is 0 Å². The van der Waals surface area contributed by atoms with E-state index in [4.69, 9.17) is 0 Å². The number of nitrogens with zero attached hydrogens (tertiary/aromatic N) is 2. The summed E-state index contributed by atoms with van der Waals surface area (Å²) < 4.78 is 37.4. The standard InChI is InChI=1S/C13H18F3N3/c1-2-10-9-19(7-3-6-17-10)11-4-5-12(18-8-11)13(14,15)16/h4-5,8,10,17H,2-3,6-7,9H2,1H3. The second-order valence-corrected chi connectivity index (χ2v) is 4.76. The monoisotopic (exact) mass is 273 g/mol. The van der Waals surface area contributed by atoms with Crippen LogP contribution in [0.5, 0.6) is 0 Å². The molecule has 19 heavy (non-hydrogen) atoms. The number of anilines is 1. The third-order valence-corrected chi connectivity index (χ3v) is 3.37. The number of halogens is 3. The highest BCUT2D eigenvalue weighted by atomic mass is 19.4. The topological polar surface area (TPSA) is 28.2 Å². The van der Waals surface area contributed by atoms with Gasteiger partial charge in [-0.2, -0.15) is 13.2 Å². The minimum atomic E-state index is -4.37. The van der Waals surface area contributed by atoms with E-state index in [-0.39, 0.29) is 0 Å². The summed E-state index contributed by atoms with van der Waals surface area (Å²) in [5.74, 6) is 0. The van der Waals surface area contributed by atoms with Gasteiger partial charge in [-0.1, -0.05) is 6.92 Å². The molecular formula is C13H18F3N3. The van der Waals surface area contributed by atoms with Crippen LogP contribution in [0.1, 0.15) is 25.5 Å². The average Bonchev–Trinajstić information content (AvgIpc) is 2.63. The molecular weight excluding hydrogens is 255 g/mol. The van der Waals surface area contributed by atoms with Crippen LogP contribution in [0.15, 0.2) is 18.3 Å². The molecule has 0 aliphatic carbocycles. The van der Waals surface area contributed by atoms with Gasteiger partial charge in [-0.05, 0) is 31.5 Å². The highest BCUT2D eigenvalue weighted by Gasteiger charge is 2.32. The number of hydrogen-bond acceptors (Lipinski definition) is 3. The van der Waals surface area contributed by atoms with E-state index in [0.717, 1.165) is 44.2 Å². The first kappa shape index (κ1) is 14.1. The van der Waals surface area contributed by atoms with E-state index in [2.05, 4.69) is 22.1 Å². The van der Waals surface area contributed by atoms with Crippen LogP contribution in [0.25, 0.3) is 0 Å². The summed E-state index contributed by atoms with van der Waals surface area (Å²) in [6.45, 7) is 4.70. The lowest BCUT2D eigenvalue weighted by atomic mass is 10.2. The van der Waals surface area contributed by atoms with E-state index in [1.54, 1.807) is 0 Å². The summed E-state index contributed by atoms with van der Waals surface area (Å²) >= 11 is 0. The maximum absolute atomic E-state index is 12.5. The van der Waals surface area contributed by atoms with Crippen LogP contribution < -0.4 is 10.2 Å². The van der Waals surface area contributed by atoms with Crippen molar-refractivity contribution in [2.24, 2.45) is 0 Å². The van der Waals surface area contributed by atoms with Crippen LogP contribution in [0.3, 0.4) is 0 Å². The second kappa shape index (κ2) is 5.77. The van der Waals surface area contributed by atoms with E-state index in [9.17, 15) is 13.2 Å². The summed E-state index contributed by atoms with van der Waals surface area (Å²) in [6, 6.07) is 2.94. The maximum atomic E-state index is 12.5. The van der Waals surface area contributed by atoms with Crippen molar-refractivity contribution in [2.45, 2.75) is 32.0 Å². The normalized spacial score (nSPS) is 21.3. The van der Waals surface area contributed by atoms with Crippen molar-refractivity contribution in [1.29, 1.82) is 0 Å². The zero-order valence-corrected chi connectivity index (χ0v) is 10.9. The molecule has 3 nitrogen and oxygen atoms in total. The number of pyridine rings is 1. The minimum absolute atomic E-state index is 0.379. The Hall–Kier alpha value is -1.30. The Morgan fingerprint density at radius 1 is 1.42 bits per heavy atom. The van der Waals surface area contributed by atoms with Gasteiger partial charge < -0.3 is 10.2 Å². The Labute approximate surface area is 110 Å². The van der Waals surface area contributed by atoms with Crippen LogP contribution in [-0.2, 0) is 6.18 Å². The van der Waals surface area contributed by atoms with Gasteiger partial charge in [0.25, 0.3) is 0 Å². The lowest BCUT2D eigenvalue weighted by Crippen LogP contribution is -2.37. The predicted molar refractivity (Wildman–Crippen MR) is 68.2 cm³/mol. The third-order valence-electron chi connectivity index (χ3n) is 3.37. The fourth-order valence-corrected chi connectivity index (χ4v) is 2.25. The number of hydrogen-bond donors (Lipinski definition) is 1. The van der Waals surface area contributed by atoms with Gasteiger partial charge in [-0.15, -0.1) is 0 Å². The Morgan fingerprint density at radius 3 is 2.79 bits per heavy atom. The van der Waals surface area contributed by atoms with Crippen LogP contribution >= 0.6 is 0 Å². The first-order valence-electron chi connectivity index (χ1n) is 6.52. The van der Waals surface area contributed by atoms with Crippen LogP contribution in [0.4, 0.5) is 18.9 Å². The minimum Gasteiger partial charge on any atom is -0.369 e. The molecule has 0 radical (unpaired) electrons. The molecule has 1 N–H and O–H groups in total. The van der Waals surface area contributed by atoms with Crippen molar-refractivity contribution in [2.75, 3.05) is 24.5 Å². The van der Waals surface area contributed by atoms with Gasteiger partial charge in [0.2, 0.25) is 0 Å². The van der Waals surface area contributed by atoms with Crippen LogP contribution in [0.2, 0.25) is 0 Å². The molecule has 1 aliphatic heterocycles. The number of rotatable bonds is 2. The van der Waals surface area contributed by atoms with Gasteiger partial charge in [-0.3, -0.25) is 0 Å². The molecule has 0 aromatic carbocycles. The maximum Gasteiger partial charge on any atom is 0.433 e. The van der Waals surface area contributed by atoms with Crippen molar-refractivity contribution in [3.63, 3.8) is 0 Å². The van der Waals surface area contributed by atoms with Gasteiger partial charge in [0.05, 0.1) is 11.9 Å². The molecule has 2 rings (SSSR count). The zero-order valence-electron chi connectivity index (χ0n) is 10.9. The summed E-state index contributed by atoms with van der Waals surface area (Å²) in [5.41, 5.74) is -0.0774. The van der Waals surface area contributed by atoms with Gasteiger partial charge in [-0.25, -0.2) is 4.98 Å². The van der Waals surface area contributed by atoms with E-state index in [1.807, 2.05) is 0 Å². The summed E-state index contributed by atoms with van der Waals surface area (Å²) in [7, 11) is 0. The van der Waals surface area contributed by atoms with E-state index < -0.39 is 11.9 Å². The Morgan fingerprint density at radius 2 is 2.21 bits per heavy atom. The number of alkyl halides is 3. The number of nitrogens with one attached hydrogen (secondary N) is 1. The number of aromatic nitrogens is 1. The van der Waals surface area contributed by atoms with Crippen molar-refractivity contribution in [1.82, 2.24) is 10.3 Å². The molecule has 1 fully saturated rings. The van der Waals surface area contributed by atoms with Gasteiger partial charge >= 0.3 is 6.18 Å². The second-order valence-electron chi connectivity index (χ2n) is 4.76. The predicted octanol–water partition coefficient (Wildman–Crippen LogP) is 2.68. The molecule has 1 atom stereocenters. The van der Waals surface area contributed by atoms with Crippen LogP contribution in [-0.4, -0.2) is 30.7 Å². The largest absolute Gasteiger partial charge is 0.433 e. The summed E-state index contributed by atoms with van der Waals surface area (Å²) in [4.78, 5) is 5.62. The third kappa shape index (κ3) is 3.59. The van der Waals surface area contributed by atoms with Gasteiger partial charge in [0, 0.05) is 19.1 Å². The Balaban J connectivity index is 2.12. The Bertz CT molecular complexity index is 403. The van der Waals surface area contributed by atoms with Crippen molar-refractivity contribution in [3.8, 4) is 0 Å². The molecule has 0 bridgehead atoms. The molecule has 1 unspecified atom stereocenters. The SMILES string of the molecule is CCC1CN(c2ccc(C(F)(F)F)nc2)CCCN1. The highest BCUT2D eigenvalue weighted by Crippen LogP contribution is 2.28. The molecule has 6 heteroatoms. The van der Waals surface area contributed by atoms with Gasteiger partial charge in [0.1, 0.15) is 5.69 Å². The summed E-state index contributed by atoms with van der Waals surface area (Å²) in [6.07, 6.45) is -1.06. The van der Waals surface area contributed by atoms with E-state index >= 15 is 0 Å². The lowest BCUT2D eigenvalue weighted by molar-refractivity contribution is -0.141. The smallest absolute Gasteiger partial charge is 0.369 e. The van der Waals surface area contributed by atoms with Crippen molar-refractivity contribution >= 4 is 5.69 Å². The molecule has 2 heterocycles. The van der Waals surface area contributed by atoms with E-state index in [0.29, 0.717) is 6.04 Å². The molecule has 1 saturated heterocycles. The fourth-order valence-electron chi connectivity index (χ4n) is 2.25. The first-order valence-corrected chi connectivity index (χ1v) is 6.52. The van der Waals surface area contributed by atoms with E-state index in [1.165, 1.54) is 12.3 Å². The highest BCUT2D eigenvalue weighted by molar-refractivity contribution is 5.45. The zero-order chi connectivity index (χ0) is 13.9. The molecule has 0 amide bonds. The van der Waals surface area contributed by atoms with Crippen molar-refractivity contribution in [3.05, 3.63) is 24.0 Å². The summed E-state index contributed by atoms with van der Waals surface area (Å²) in [5, 5.41) is 3.42. The molecule has 0 spiro atoms. The average molecular weight is 273 g/mol. The molecule has 1 aromatic heterocycles. The fraction of sp³-hybridized carbons (Fsp3) is 0.615.